The van der Waals surface area contributed by atoms with Gasteiger partial charge in [0.05, 0.1) is 4.48 Å². The molecule has 6 heteroatoms. The van der Waals surface area contributed by atoms with Crippen LogP contribution in [0.4, 0.5) is 4.48 Å². The summed E-state index contributed by atoms with van der Waals surface area (Å²) < 4.78 is 41.3. The normalized spacial score (nSPS) is 11.5. The summed E-state index contributed by atoms with van der Waals surface area (Å²) in [5, 5.41) is 0. The van der Waals surface area contributed by atoms with E-state index in [0.29, 0.717) is 0 Å². The maximum atomic E-state index is 12.1. The minimum absolute atomic E-state index is 0.175. The Hall–Kier alpha value is -1.01. The molecule has 60 valence electrons. The van der Waals surface area contributed by atoms with Gasteiger partial charge in [-0.05, 0) is 0 Å². The van der Waals surface area contributed by atoms with Crippen molar-refractivity contribution in [1.29, 1.82) is 0 Å². The van der Waals surface area contributed by atoms with Gasteiger partial charge in [-0.1, -0.05) is 0 Å². The fraction of sp³-hybridized carbons (Fsp3) is 0. The maximum absolute atomic E-state index is 12.1. The van der Waals surface area contributed by atoms with Gasteiger partial charge < -0.3 is 0 Å². The molecule has 0 saturated carbocycles. The summed E-state index contributed by atoms with van der Waals surface area (Å²) in [4.78, 5) is -0.152. The van der Waals surface area contributed by atoms with Crippen LogP contribution in [0, 0.1) is 0 Å². The first kappa shape index (κ1) is 8.09. The van der Waals surface area contributed by atoms with Crippen molar-refractivity contribution in [2.45, 2.75) is 4.90 Å². The van der Waals surface area contributed by atoms with E-state index in [2.05, 4.69) is 0 Å². The molecule has 0 aromatic carbocycles. The van der Waals surface area contributed by atoms with Crippen LogP contribution in [0.1, 0.15) is 0 Å². The number of aromatic nitrogens is 1. The van der Waals surface area contributed by atoms with Gasteiger partial charge in [0.15, 0.2) is 0 Å². The van der Waals surface area contributed by atoms with Crippen molar-refractivity contribution < 1.29 is 22.2 Å². The van der Waals surface area contributed by atoms with E-state index in [1.165, 1.54) is 0 Å². The molecular weight excluding hydrogens is 173 g/mol. The van der Waals surface area contributed by atoms with E-state index in [9.17, 15) is 12.9 Å². The summed E-state index contributed by atoms with van der Waals surface area (Å²) in [6.45, 7) is 0. The molecule has 1 heterocycles. The van der Waals surface area contributed by atoms with E-state index in [0.717, 1.165) is 24.5 Å². The molecule has 0 fully saturated rings. The Morgan fingerprint density at radius 2 is 1.82 bits per heavy atom. The van der Waals surface area contributed by atoms with Crippen LogP contribution < -0.4 is 4.79 Å². The quantitative estimate of drug-likeness (QED) is 0.613. The number of halogens is 1. The SMILES string of the molecule is O=S(=O)(O)c1cc[n+](F)cc1. The van der Waals surface area contributed by atoms with Gasteiger partial charge >= 0.3 is 0 Å². The lowest BCUT2D eigenvalue weighted by Gasteiger charge is -1.89. The largest absolute Gasteiger partial charge is 0.294 e. The molecule has 0 unspecified atom stereocenters. The molecule has 0 aliphatic carbocycles. The van der Waals surface area contributed by atoms with E-state index in [-0.39, 0.29) is 9.68 Å². The molecule has 0 aliphatic heterocycles. The lowest BCUT2D eigenvalue weighted by Crippen LogP contribution is -2.20. The van der Waals surface area contributed by atoms with Crippen LogP contribution in [0.5, 0.6) is 0 Å². The Labute approximate surface area is 62.6 Å². The van der Waals surface area contributed by atoms with Gasteiger partial charge in [-0.3, -0.25) is 4.55 Å². The third-order valence-electron chi connectivity index (χ3n) is 1.06. The predicted molar refractivity (Wildman–Crippen MR) is 33.0 cm³/mol. The molecule has 0 amide bonds. The van der Waals surface area contributed by atoms with Crippen LogP contribution in [0.15, 0.2) is 29.4 Å². The van der Waals surface area contributed by atoms with Crippen molar-refractivity contribution >= 4 is 10.1 Å². The van der Waals surface area contributed by atoms with Gasteiger partial charge in [-0.2, -0.15) is 8.42 Å². The zero-order valence-corrected chi connectivity index (χ0v) is 6.12. The second-order valence-electron chi connectivity index (χ2n) is 1.85. The molecule has 1 aromatic rings. The summed E-state index contributed by atoms with van der Waals surface area (Å²) in [5.74, 6) is 0. The molecule has 0 radical (unpaired) electrons. The Bertz CT molecular complexity index is 344. The second kappa shape index (κ2) is 2.55. The minimum atomic E-state index is -4.20. The van der Waals surface area contributed by atoms with Crippen molar-refractivity contribution in [2.24, 2.45) is 0 Å². The van der Waals surface area contributed by atoms with Crippen LogP contribution in [0.3, 0.4) is 0 Å². The van der Waals surface area contributed by atoms with Crippen LogP contribution in [0.2, 0.25) is 0 Å². The van der Waals surface area contributed by atoms with Crippen LogP contribution >= 0.6 is 0 Å². The van der Waals surface area contributed by atoms with Gasteiger partial charge in [0.25, 0.3) is 10.1 Å². The highest BCUT2D eigenvalue weighted by Gasteiger charge is 2.10. The Morgan fingerprint density at radius 1 is 1.36 bits per heavy atom. The second-order valence-corrected chi connectivity index (χ2v) is 3.27. The van der Waals surface area contributed by atoms with Crippen LogP contribution in [-0.4, -0.2) is 13.0 Å². The summed E-state index contributed by atoms with van der Waals surface area (Å²) in [6.07, 6.45) is 1.76. The minimum Gasteiger partial charge on any atom is -0.282 e. The molecule has 1 rings (SSSR count). The highest BCUT2D eigenvalue weighted by Crippen LogP contribution is 2.03. The first-order valence-electron chi connectivity index (χ1n) is 2.65. The summed E-state index contributed by atoms with van der Waals surface area (Å²) in [5.41, 5.74) is 0. The van der Waals surface area contributed by atoms with Gasteiger partial charge in [0.1, 0.15) is 4.90 Å². The number of pyridine rings is 1. The van der Waals surface area contributed by atoms with Gasteiger partial charge in [0, 0.05) is 16.9 Å². The van der Waals surface area contributed by atoms with E-state index >= 15 is 0 Å². The number of hydrogen-bond acceptors (Lipinski definition) is 2. The van der Waals surface area contributed by atoms with Crippen molar-refractivity contribution in [3.63, 3.8) is 0 Å². The smallest absolute Gasteiger partial charge is 0.282 e. The molecule has 4 nitrogen and oxygen atoms in total. The van der Waals surface area contributed by atoms with Crippen LogP contribution in [-0.2, 0) is 10.1 Å². The molecule has 11 heavy (non-hydrogen) atoms. The fourth-order valence-electron chi connectivity index (χ4n) is 0.567. The van der Waals surface area contributed by atoms with E-state index in [1.807, 2.05) is 0 Å². The topological polar surface area (TPSA) is 58.3 Å². The molecule has 0 spiro atoms. The number of hydrogen-bond donors (Lipinski definition) is 1. The van der Waals surface area contributed by atoms with Crippen molar-refractivity contribution in [2.75, 3.05) is 0 Å². The number of nitrogens with zero attached hydrogens (tertiary/aromatic N) is 1. The third kappa shape index (κ3) is 1.95. The Morgan fingerprint density at radius 3 is 2.18 bits per heavy atom. The van der Waals surface area contributed by atoms with E-state index in [1.54, 1.807) is 0 Å². The Balaban J connectivity index is 3.20. The van der Waals surface area contributed by atoms with E-state index < -0.39 is 10.1 Å². The molecular formula is C5H5FNO3S+. The molecule has 0 saturated heterocycles. The summed E-state index contributed by atoms with van der Waals surface area (Å²) >= 11 is 0. The Kier molecular flexibility index (Phi) is 1.88. The monoisotopic (exact) mass is 178 g/mol. The molecule has 0 bridgehead atoms. The molecule has 0 atom stereocenters. The lowest BCUT2D eigenvalue weighted by atomic mass is 10.5. The van der Waals surface area contributed by atoms with E-state index in [4.69, 9.17) is 4.55 Å². The summed E-state index contributed by atoms with van der Waals surface area (Å²) in [7, 11) is -4.20. The zero-order chi connectivity index (χ0) is 8.48. The lowest BCUT2D eigenvalue weighted by molar-refractivity contribution is -0.844. The average molecular weight is 178 g/mol. The van der Waals surface area contributed by atoms with Crippen molar-refractivity contribution in [1.82, 2.24) is 0 Å². The molecule has 1 aromatic heterocycles. The van der Waals surface area contributed by atoms with Crippen molar-refractivity contribution in [3.05, 3.63) is 24.5 Å². The average Bonchev–Trinajstić information content (AvgIpc) is 1.86. The standard InChI is InChI=1S/C5H4FNO3S/c6-7-3-1-5(2-4-7)11(8,9)10/h1-4H/p+1. The maximum Gasteiger partial charge on any atom is 0.294 e. The van der Waals surface area contributed by atoms with Crippen molar-refractivity contribution in [3.8, 4) is 0 Å². The first-order chi connectivity index (χ1) is 5.00. The molecule has 1 N–H and O–H groups in total. The highest BCUT2D eigenvalue weighted by atomic mass is 32.2. The molecule has 0 aliphatic rings. The summed E-state index contributed by atoms with van der Waals surface area (Å²) in [6, 6.07) is 1.91. The van der Waals surface area contributed by atoms with Gasteiger partial charge in [-0.25, -0.2) is 0 Å². The third-order valence-corrected chi connectivity index (χ3v) is 1.93. The zero-order valence-electron chi connectivity index (χ0n) is 5.31. The predicted octanol–water partition coefficient (Wildman–Crippen LogP) is -0.0466. The van der Waals surface area contributed by atoms with Crippen LogP contribution in [0.25, 0.3) is 0 Å². The fourth-order valence-corrected chi connectivity index (χ4v) is 1.03. The van der Waals surface area contributed by atoms with Gasteiger partial charge in [-0.15, -0.1) is 0 Å². The number of rotatable bonds is 1. The highest BCUT2D eigenvalue weighted by molar-refractivity contribution is 7.85. The first-order valence-corrected chi connectivity index (χ1v) is 4.09. The van der Waals surface area contributed by atoms with Gasteiger partial charge in [0.2, 0.25) is 12.4 Å².